The second-order valence-electron chi connectivity index (χ2n) is 6.64. The maximum absolute atomic E-state index is 12.8. The highest BCUT2D eigenvalue weighted by molar-refractivity contribution is 6.24. The summed E-state index contributed by atoms with van der Waals surface area (Å²) < 4.78 is 0. The number of hydrogen-bond acceptors (Lipinski definition) is 2. The molecule has 1 aliphatic carbocycles. The highest BCUT2D eigenvalue weighted by atomic mass is 16.2. The van der Waals surface area contributed by atoms with E-state index in [-0.39, 0.29) is 23.7 Å². The molecule has 2 aromatic rings. The molecule has 0 spiro atoms. The number of benzene rings is 2. The molecule has 0 aromatic heterocycles. The van der Waals surface area contributed by atoms with E-state index in [2.05, 4.69) is 6.92 Å². The zero-order valence-electron chi connectivity index (χ0n) is 12.7. The van der Waals surface area contributed by atoms with Gasteiger partial charge in [-0.2, -0.15) is 0 Å². The number of anilines is 1. The van der Waals surface area contributed by atoms with Crippen molar-refractivity contribution in [2.24, 2.45) is 17.8 Å². The Bertz CT molecular complexity index is 762. The summed E-state index contributed by atoms with van der Waals surface area (Å²) in [5, 5.41) is 2.03. The number of amides is 2. The van der Waals surface area contributed by atoms with Gasteiger partial charge in [0.2, 0.25) is 11.8 Å². The van der Waals surface area contributed by atoms with Crippen LogP contribution in [0.4, 0.5) is 5.69 Å². The topological polar surface area (TPSA) is 37.4 Å². The largest absolute Gasteiger partial charge is 0.274 e. The molecular weight excluding hydrogens is 274 g/mol. The minimum absolute atomic E-state index is 0.00162. The molecular formula is C19H19NO2. The zero-order chi connectivity index (χ0) is 15.3. The van der Waals surface area contributed by atoms with Gasteiger partial charge in [-0.3, -0.25) is 9.59 Å². The minimum atomic E-state index is -0.116. The van der Waals surface area contributed by atoms with Gasteiger partial charge < -0.3 is 0 Å². The molecule has 3 nitrogen and oxygen atoms in total. The molecule has 22 heavy (non-hydrogen) atoms. The lowest BCUT2D eigenvalue weighted by Crippen LogP contribution is -2.31. The van der Waals surface area contributed by atoms with Crippen LogP contribution >= 0.6 is 0 Å². The van der Waals surface area contributed by atoms with Crippen LogP contribution in [0.5, 0.6) is 0 Å². The van der Waals surface area contributed by atoms with Gasteiger partial charge in [-0.1, -0.05) is 43.3 Å². The summed E-state index contributed by atoms with van der Waals surface area (Å²) in [6, 6.07) is 13.7. The van der Waals surface area contributed by atoms with E-state index >= 15 is 0 Å². The van der Waals surface area contributed by atoms with Crippen LogP contribution in [0, 0.1) is 17.8 Å². The van der Waals surface area contributed by atoms with E-state index in [1.54, 1.807) is 0 Å². The van der Waals surface area contributed by atoms with E-state index in [1.165, 1.54) is 4.90 Å². The van der Waals surface area contributed by atoms with E-state index < -0.39 is 0 Å². The Morgan fingerprint density at radius 1 is 0.909 bits per heavy atom. The standard InChI is InChI=1S/C19H19NO2/c1-12-9-10-15-16(11-12)19(22)20(18(15)21)17-8-4-6-13-5-2-3-7-14(13)17/h2-8,12,15-16H,9-11H2,1H3/t12-,15+,16-/m1/s1. The highest BCUT2D eigenvalue weighted by Crippen LogP contribution is 2.43. The molecule has 3 atom stereocenters. The van der Waals surface area contributed by atoms with E-state index in [0.717, 1.165) is 35.7 Å². The predicted molar refractivity (Wildman–Crippen MR) is 86.4 cm³/mol. The summed E-state index contributed by atoms with van der Waals surface area (Å²) in [4.78, 5) is 27.1. The van der Waals surface area contributed by atoms with Crippen molar-refractivity contribution in [3.63, 3.8) is 0 Å². The minimum Gasteiger partial charge on any atom is -0.274 e. The van der Waals surface area contributed by atoms with Crippen molar-refractivity contribution >= 4 is 28.3 Å². The van der Waals surface area contributed by atoms with Gasteiger partial charge in [-0.25, -0.2) is 4.90 Å². The van der Waals surface area contributed by atoms with Gasteiger partial charge >= 0.3 is 0 Å². The molecule has 2 fully saturated rings. The number of rotatable bonds is 1. The van der Waals surface area contributed by atoms with Crippen molar-refractivity contribution in [1.82, 2.24) is 0 Å². The fourth-order valence-electron chi connectivity index (χ4n) is 4.03. The molecule has 2 aliphatic rings. The third-order valence-corrected chi connectivity index (χ3v) is 5.20. The van der Waals surface area contributed by atoms with E-state index in [0.29, 0.717) is 5.92 Å². The van der Waals surface area contributed by atoms with Gasteiger partial charge in [0.15, 0.2) is 0 Å². The Hall–Kier alpha value is -2.16. The Morgan fingerprint density at radius 2 is 1.64 bits per heavy atom. The molecule has 0 bridgehead atoms. The number of imide groups is 1. The van der Waals surface area contributed by atoms with Gasteiger partial charge in [0.1, 0.15) is 0 Å². The Balaban J connectivity index is 1.82. The first-order valence-corrected chi connectivity index (χ1v) is 8.02. The fourth-order valence-corrected chi connectivity index (χ4v) is 4.03. The molecule has 3 heteroatoms. The van der Waals surface area contributed by atoms with Crippen LogP contribution in [0.25, 0.3) is 10.8 Å². The van der Waals surface area contributed by atoms with Crippen LogP contribution in [0.15, 0.2) is 42.5 Å². The molecule has 112 valence electrons. The van der Waals surface area contributed by atoms with Gasteiger partial charge in [-0.05, 0) is 36.6 Å². The smallest absolute Gasteiger partial charge is 0.237 e. The van der Waals surface area contributed by atoms with Crippen LogP contribution in [0.2, 0.25) is 0 Å². The Morgan fingerprint density at radius 3 is 2.50 bits per heavy atom. The normalized spacial score (nSPS) is 28.2. The fraction of sp³-hybridized carbons (Fsp3) is 0.368. The SMILES string of the molecule is C[C@@H]1CC[C@@H]2C(=O)N(c3cccc4ccccc34)C(=O)[C@@H]2C1. The third-order valence-electron chi connectivity index (χ3n) is 5.20. The first kappa shape index (κ1) is 13.5. The zero-order valence-corrected chi connectivity index (χ0v) is 12.7. The molecule has 2 aromatic carbocycles. The first-order valence-electron chi connectivity index (χ1n) is 8.02. The molecule has 1 heterocycles. The van der Waals surface area contributed by atoms with Crippen LogP contribution in [0.1, 0.15) is 26.2 Å². The predicted octanol–water partition coefficient (Wildman–Crippen LogP) is 3.77. The summed E-state index contributed by atoms with van der Waals surface area (Å²) in [5.41, 5.74) is 0.746. The molecule has 1 saturated heterocycles. The maximum atomic E-state index is 12.8. The average molecular weight is 293 g/mol. The van der Waals surface area contributed by atoms with E-state index in [9.17, 15) is 9.59 Å². The summed E-state index contributed by atoms with van der Waals surface area (Å²) in [6.45, 7) is 2.18. The summed E-state index contributed by atoms with van der Waals surface area (Å²) in [7, 11) is 0. The average Bonchev–Trinajstić information content (AvgIpc) is 2.78. The molecule has 0 radical (unpaired) electrons. The summed E-state index contributed by atoms with van der Waals surface area (Å²) >= 11 is 0. The van der Waals surface area contributed by atoms with Crippen molar-refractivity contribution in [2.45, 2.75) is 26.2 Å². The number of carbonyl (C=O) groups is 2. The summed E-state index contributed by atoms with van der Waals surface area (Å²) in [5.74, 6) is 0.305. The Kier molecular flexibility index (Phi) is 3.03. The van der Waals surface area contributed by atoms with Crippen molar-refractivity contribution in [1.29, 1.82) is 0 Å². The van der Waals surface area contributed by atoms with Crippen molar-refractivity contribution in [3.05, 3.63) is 42.5 Å². The number of hydrogen-bond donors (Lipinski definition) is 0. The van der Waals surface area contributed by atoms with Crippen molar-refractivity contribution < 1.29 is 9.59 Å². The van der Waals surface area contributed by atoms with E-state index in [4.69, 9.17) is 0 Å². The van der Waals surface area contributed by atoms with Gasteiger partial charge in [0.25, 0.3) is 0 Å². The van der Waals surface area contributed by atoms with Crippen molar-refractivity contribution in [3.8, 4) is 0 Å². The molecule has 1 saturated carbocycles. The number of nitrogens with zero attached hydrogens (tertiary/aromatic N) is 1. The molecule has 2 amide bonds. The van der Waals surface area contributed by atoms with Crippen LogP contribution in [0.3, 0.4) is 0 Å². The molecule has 0 N–H and O–H groups in total. The lowest BCUT2D eigenvalue weighted by atomic mass is 9.76. The number of carbonyl (C=O) groups excluding carboxylic acids is 2. The monoisotopic (exact) mass is 293 g/mol. The highest BCUT2D eigenvalue weighted by Gasteiger charge is 2.50. The van der Waals surface area contributed by atoms with E-state index in [1.807, 2.05) is 42.5 Å². The molecule has 0 unspecified atom stereocenters. The lowest BCUT2D eigenvalue weighted by Gasteiger charge is -2.25. The summed E-state index contributed by atoms with van der Waals surface area (Å²) in [6.07, 6.45) is 2.73. The van der Waals surface area contributed by atoms with Crippen LogP contribution in [-0.2, 0) is 9.59 Å². The molecule has 1 aliphatic heterocycles. The van der Waals surface area contributed by atoms with Gasteiger partial charge in [0, 0.05) is 5.39 Å². The first-order chi connectivity index (χ1) is 10.7. The van der Waals surface area contributed by atoms with Crippen LogP contribution in [-0.4, -0.2) is 11.8 Å². The van der Waals surface area contributed by atoms with Gasteiger partial charge in [0.05, 0.1) is 17.5 Å². The lowest BCUT2D eigenvalue weighted by molar-refractivity contribution is -0.122. The quantitative estimate of drug-likeness (QED) is 0.751. The van der Waals surface area contributed by atoms with Crippen LogP contribution < -0.4 is 4.90 Å². The Labute approximate surface area is 129 Å². The second kappa shape index (κ2) is 4.94. The van der Waals surface area contributed by atoms with Gasteiger partial charge in [-0.15, -0.1) is 0 Å². The number of fused-ring (bicyclic) bond motifs is 2. The third kappa shape index (κ3) is 1.88. The molecule has 4 rings (SSSR count). The van der Waals surface area contributed by atoms with Crippen molar-refractivity contribution in [2.75, 3.05) is 4.90 Å². The maximum Gasteiger partial charge on any atom is 0.237 e. The second-order valence-corrected chi connectivity index (χ2v) is 6.64.